The number of hydrogen-bond donors (Lipinski definition) is 0. The highest BCUT2D eigenvalue weighted by molar-refractivity contribution is 6.08. The lowest BCUT2D eigenvalue weighted by atomic mass is 9.76. The van der Waals surface area contributed by atoms with E-state index in [9.17, 15) is 9.59 Å². The van der Waals surface area contributed by atoms with Crippen LogP contribution in [0.3, 0.4) is 0 Å². The van der Waals surface area contributed by atoms with Crippen LogP contribution in [0.1, 0.15) is 36.7 Å². The molecule has 3 aromatic rings. The SMILES string of the molecule is CCC1(c2ccc(C)cc2)CC(=O)N(Cc2ncn(-c3ccccc3)n2)C1=O. The molecule has 142 valence electrons. The highest BCUT2D eigenvalue weighted by atomic mass is 16.2. The van der Waals surface area contributed by atoms with Gasteiger partial charge in [-0.25, -0.2) is 9.67 Å². The molecule has 0 radical (unpaired) electrons. The van der Waals surface area contributed by atoms with Gasteiger partial charge in [-0.3, -0.25) is 14.5 Å². The van der Waals surface area contributed by atoms with Crippen molar-refractivity contribution in [2.75, 3.05) is 0 Å². The summed E-state index contributed by atoms with van der Waals surface area (Å²) in [5.74, 6) is 0.102. The number of imide groups is 1. The number of carbonyl (C=O) groups is 2. The third kappa shape index (κ3) is 3.01. The molecule has 0 spiro atoms. The number of rotatable bonds is 5. The van der Waals surface area contributed by atoms with Gasteiger partial charge in [-0.05, 0) is 31.0 Å². The highest BCUT2D eigenvalue weighted by Crippen LogP contribution is 2.40. The van der Waals surface area contributed by atoms with Crippen molar-refractivity contribution in [3.63, 3.8) is 0 Å². The Morgan fingerprint density at radius 2 is 1.75 bits per heavy atom. The molecule has 1 fully saturated rings. The predicted octanol–water partition coefficient (Wildman–Crippen LogP) is 3.18. The smallest absolute Gasteiger partial charge is 0.240 e. The molecule has 1 saturated heterocycles. The van der Waals surface area contributed by atoms with Crippen molar-refractivity contribution >= 4 is 11.8 Å². The molecule has 6 nitrogen and oxygen atoms in total. The van der Waals surface area contributed by atoms with Crippen LogP contribution in [0.25, 0.3) is 5.69 Å². The summed E-state index contributed by atoms with van der Waals surface area (Å²) in [6.45, 7) is 4.05. The first-order chi connectivity index (χ1) is 13.5. The summed E-state index contributed by atoms with van der Waals surface area (Å²) < 4.78 is 1.65. The molecule has 1 aliphatic heterocycles. The summed E-state index contributed by atoms with van der Waals surface area (Å²) in [7, 11) is 0. The molecule has 0 saturated carbocycles. The Labute approximate surface area is 163 Å². The third-order valence-corrected chi connectivity index (χ3v) is 5.48. The van der Waals surface area contributed by atoms with Gasteiger partial charge in [-0.1, -0.05) is 55.0 Å². The van der Waals surface area contributed by atoms with Crippen molar-refractivity contribution in [3.8, 4) is 5.69 Å². The van der Waals surface area contributed by atoms with Crippen LogP contribution in [0.5, 0.6) is 0 Å². The minimum atomic E-state index is -0.799. The molecule has 1 unspecified atom stereocenters. The Balaban J connectivity index is 1.59. The van der Waals surface area contributed by atoms with Crippen LogP contribution in [0.15, 0.2) is 60.9 Å². The van der Waals surface area contributed by atoms with E-state index in [1.165, 1.54) is 4.90 Å². The fraction of sp³-hybridized carbons (Fsp3) is 0.273. The maximum atomic E-state index is 13.3. The first-order valence-electron chi connectivity index (χ1n) is 9.41. The number of benzene rings is 2. The number of aromatic nitrogens is 3. The zero-order chi connectivity index (χ0) is 19.7. The zero-order valence-electron chi connectivity index (χ0n) is 16.0. The van der Waals surface area contributed by atoms with Gasteiger partial charge in [0, 0.05) is 6.42 Å². The fourth-order valence-corrected chi connectivity index (χ4v) is 3.76. The molecule has 28 heavy (non-hydrogen) atoms. The van der Waals surface area contributed by atoms with Gasteiger partial charge in [0.15, 0.2) is 5.82 Å². The molecule has 0 N–H and O–H groups in total. The Bertz CT molecular complexity index is 1010. The molecule has 1 atom stereocenters. The Morgan fingerprint density at radius 3 is 2.43 bits per heavy atom. The van der Waals surface area contributed by atoms with Gasteiger partial charge in [-0.2, -0.15) is 0 Å². The average molecular weight is 374 g/mol. The molecular formula is C22H22N4O2. The van der Waals surface area contributed by atoms with E-state index in [-0.39, 0.29) is 24.8 Å². The molecular weight excluding hydrogens is 352 g/mol. The fourth-order valence-electron chi connectivity index (χ4n) is 3.76. The zero-order valence-corrected chi connectivity index (χ0v) is 16.0. The molecule has 0 aliphatic carbocycles. The van der Waals surface area contributed by atoms with Crippen molar-refractivity contribution in [2.24, 2.45) is 0 Å². The summed E-state index contributed by atoms with van der Waals surface area (Å²) in [5, 5.41) is 4.43. The van der Waals surface area contributed by atoms with Gasteiger partial charge in [0.05, 0.1) is 17.6 Å². The van der Waals surface area contributed by atoms with E-state index in [1.807, 2.05) is 68.4 Å². The van der Waals surface area contributed by atoms with Crippen molar-refractivity contribution in [3.05, 3.63) is 77.9 Å². The summed E-state index contributed by atoms with van der Waals surface area (Å²) in [6.07, 6.45) is 2.36. The van der Waals surface area contributed by atoms with Gasteiger partial charge in [0.2, 0.25) is 11.8 Å². The van der Waals surface area contributed by atoms with Crippen molar-refractivity contribution in [1.29, 1.82) is 0 Å². The average Bonchev–Trinajstić information content (AvgIpc) is 3.28. The minimum Gasteiger partial charge on any atom is -0.274 e. The summed E-state index contributed by atoms with van der Waals surface area (Å²) in [6, 6.07) is 17.5. The van der Waals surface area contributed by atoms with Crippen LogP contribution >= 0.6 is 0 Å². The first-order valence-corrected chi connectivity index (χ1v) is 9.41. The number of carbonyl (C=O) groups excluding carboxylic acids is 2. The van der Waals surface area contributed by atoms with E-state index in [2.05, 4.69) is 10.1 Å². The minimum absolute atomic E-state index is 0.0884. The normalized spacial score (nSPS) is 19.4. The number of likely N-dealkylation sites (tertiary alicyclic amines) is 1. The highest BCUT2D eigenvalue weighted by Gasteiger charge is 2.51. The van der Waals surface area contributed by atoms with E-state index in [4.69, 9.17) is 0 Å². The number of para-hydroxylation sites is 1. The first kappa shape index (κ1) is 18.1. The van der Waals surface area contributed by atoms with Gasteiger partial charge in [0.25, 0.3) is 0 Å². The van der Waals surface area contributed by atoms with E-state index in [1.54, 1.807) is 11.0 Å². The van der Waals surface area contributed by atoms with Gasteiger partial charge < -0.3 is 0 Å². The number of nitrogens with zero attached hydrogens (tertiary/aromatic N) is 4. The summed E-state index contributed by atoms with van der Waals surface area (Å²) >= 11 is 0. The third-order valence-electron chi connectivity index (χ3n) is 5.48. The molecule has 1 aliphatic rings. The van der Waals surface area contributed by atoms with Crippen LogP contribution in [0.4, 0.5) is 0 Å². The molecule has 6 heteroatoms. The lowest BCUT2D eigenvalue weighted by Gasteiger charge is -2.26. The van der Waals surface area contributed by atoms with Crippen molar-refractivity contribution < 1.29 is 9.59 Å². The number of amides is 2. The topological polar surface area (TPSA) is 68.1 Å². The van der Waals surface area contributed by atoms with Gasteiger partial charge in [-0.15, -0.1) is 5.10 Å². The van der Waals surface area contributed by atoms with Crippen LogP contribution in [-0.4, -0.2) is 31.5 Å². The standard InChI is InChI=1S/C22H22N4O2/c1-3-22(17-11-9-16(2)10-12-17)13-20(27)25(21(22)28)14-19-23-15-26(24-19)18-7-5-4-6-8-18/h4-12,15H,3,13-14H2,1-2H3. The molecule has 2 amide bonds. The Morgan fingerprint density at radius 1 is 1.04 bits per heavy atom. The largest absolute Gasteiger partial charge is 0.274 e. The molecule has 4 rings (SSSR count). The lowest BCUT2D eigenvalue weighted by Crippen LogP contribution is -2.38. The summed E-state index contributed by atoms with van der Waals surface area (Å²) in [4.78, 5) is 31.6. The molecule has 2 heterocycles. The number of hydrogen-bond acceptors (Lipinski definition) is 4. The van der Waals surface area contributed by atoms with Crippen molar-refractivity contribution in [2.45, 2.75) is 38.6 Å². The number of aryl methyl sites for hydroxylation is 1. The van der Waals surface area contributed by atoms with E-state index >= 15 is 0 Å². The second-order valence-corrected chi connectivity index (χ2v) is 7.20. The summed E-state index contributed by atoms with van der Waals surface area (Å²) in [5.41, 5.74) is 2.10. The van der Waals surface area contributed by atoms with E-state index in [0.717, 1.165) is 16.8 Å². The Kier molecular flexibility index (Phi) is 4.55. The maximum Gasteiger partial charge on any atom is 0.240 e. The monoisotopic (exact) mass is 374 g/mol. The molecule has 2 aromatic carbocycles. The van der Waals surface area contributed by atoms with Crippen LogP contribution in [-0.2, 0) is 21.5 Å². The van der Waals surface area contributed by atoms with Crippen LogP contribution < -0.4 is 0 Å². The second kappa shape index (κ2) is 7.03. The van der Waals surface area contributed by atoms with Crippen molar-refractivity contribution in [1.82, 2.24) is 19.7 Å². The molecule has 1 aromatic heterocycles. The molecule has 0 bridgehead atoms. The Hall–Kier alpha value is -3.28. The predicted molar refractivity (Wildman–Crippen MR) is 105 cm³/mol. The second-order valence-electron chi connectivity index (χ2n) is 7.20. The van der Waals surface area contributed by atoms with Crippen LogP contribution in [0, 0.1) is 6.92 Å². The quantitative estimate of drug-likeness (QED) is 0.643. The lowest BCUT2D eigenvalue weighted by molar-refractivity contribution is -0.140. The van der Waals surface area contributed by atoms with E-state index in [0.29, 0.717) is 12.2 Å². The van der Waals surface area contributed by atoms with Crippen LogP contribution in [0.2, 0.25) is 0 Å². The van der Waals surface area contributed by atoms with Gasteiger partial charge in [0.1, 0.15) is 6.33 Å². The van der Waals surface area contributed by atoms with E-state index < -0.39 is 5.41 Å². The maximum absolute atomic E-state index is 13.3. The van der Waals surface area contributed by atoms with Gasteiger partial charge >= 0.3 is 0 Å².